The Morgan fingerprint density at radius 1 is 1.16 bits per heavy atom. The number of methoxy groups -OCH3 is 1. The predicted molar refractivity (Wildman–Crippen MR) is 97.9 cm³/mol. The third-order valence-electron chi connectivity index (χ3n) is 4.17. The van der Waals surface area contributed by atoms with Gasteiger partial charge in [0.2, 0.25) is 0 Å². The van der Waals surface area contributed by atoms with Crippen LogP contribution < -0.4 is 21.3 Å². The quantitative estimate of drug-likeness (QED) is 0.565. The van der Waals surface area contributed by atoms with Gasteiger partial charge in [0.1, 0.15) is 0 Å². The zero-order chi connectivity index (χ0) is 17.9. The molecule has 7 heteroatoms. The molecule has 3 amide bonds. The first kappa shape index (κ1) is 19.2. The molecule has 0 aromatic heterocycles. The van der Waals surface area contributed by atoms with Crippen LogP contribution in [-0.2, 0) is 4.74 Å². The topological polar surface area (TPSA) is 91.5 Å². The van der Waals surface area contributed by atoms with Crippen LogP contribution in [0, 0.1) is 0 Å². The number of carbonyl (C=O) groups is 2. The Bertz CT molecular complexity index is 540. The summed E-state index contributed by atoms with van der Waals surface area (Å²) in [6, 6.07) is 6.91. The number of ether oxygens (including phenoxy) is 1. The van der Waals surface area contributed by atoms with E-state index in [0.29, 0.717) is 37.0 Å². The Hall–Kier alpha value is -2.12. The monoisotopic (exact) mass is 348 g/mol. The van der Waals surface area contributed by atoms with Crippen LogP contribution in [0.2, 0.25) is 0 Å². The first-order valence-electron chi connectivity index (χ1n) is 8.84. The third-order valence-corrected chi connectivity index (χ3v) is 4.17. The highest BCUT2D eigenvalue weighted by molar-refractivity contribution is 5.95. The van der Waals surface area contributed by atoms with Crippen molar-refractivity contribution >= 4 is 17.6 Å². The first-order valence-corrected chi connectivity index (χ1v) is 8.84. The van der Waals surface area contributed by atoms with Crippen LogP contribution in [0.25, 0.3) is 0 Å². The maximum Gasteiger partial charge on any atom is 0.319 e. The van der Waals surface area contributed by atoms with Gasteiger partial charge in [0, 0.05) is 37.5 Å². The summed E-state index contributed by atoms with van der Waals surface area (Å²) in [7, 11) is 1.59. The van der Waals surface area contributed by atoms with Gasteiger partial charge in [-0.2, -0.15) is 0 Å². The minimum Gasteiger partial charge on any atom is -0.383 e. The predicted octanol–water partition coefficient (Wildman–Crippen LogP) is 1.72. The number of amides is 3. The van der Waals surface area contributed by atoms with Crippen molar-refractivity contribution in [3.05, 3.63) is 29.8 Å². The summed E-state index contributed by atoms with van der Waals surface area (Å²) in [6.45, 7) is 2.57. The second kappa shape index (κ2) is 10.7. The van der Waals surface area contributed by atoms with E-state index in [1.165, 1.54) is 19.3 Å². The van der Waals surface area contributed by atoms with E-state index < -0.39 is 0 Å². The lowest BCUT2D eigenvalue weighted by Gasteiger charge is -2.16. The van der Waals surface area contributed by atoms with E-state index in [-0.39, 0.29) is 11.9 Å². The van der Waals surface area contributed by atoms with Gasteiger partial charge in [-0.05, 0) is 43.7 Å². The van der Waals surface area contributed by atoms with Crippen molar-refractivity contribution < 1.29 is 14.3 Å². The van der Waals surface area contributed by atoms with Crippen LogP contribution in [0.5, 0.6) is 0 Å². The summed E-state index contributed by atoms with van der Waals surface area (Å²) < 4.78 is 4.89. The van der Waals surface area contributed by atoms with E-state index in [1.807, 2.05) is 0 Å². The fourth-order valence-corrected chi connectivity index (χ4v) is 2.74. The van der Waals surface area contributed by atoms with Crippen LogP contribution in [0.1, 0.15) is 36.0 Å². The number of rotatable bonds is 7. The van der Waals surface area contributed by atoms with Gasteiger partial charge < -0.3 is 26.0 Å². The molecule has 138 valence electrons. The summed E-state index contributed by atoms with van der Waals surface area (Å²) in [4.78, 5) is 23.9. The van der Waals surface area contributed by atoms with Gasteiger partial charge in [-0.3, -0.25) is 4.79 Å². The van der Waals surface area contributed by atoms with E-state index in [2.05, 4.69) is 21.3 Å². The normalized spacial score (nSPS) is 17.4. The van der Waals surface area contributed by atoms with Crippen molar-refractivity contribution in [2.75, 3.05) is 38.7 Å². The largest absolute Gasteiger partial charge is 0.383 e. The Morgan fingerprint density at radius 2 is 1.96 bits per heavy atom. The standard InChI is InChI=1S/C18H28N4O3/c1-25-12-11-20-17(23)14-6-8-15(9-7-14)22-18(24)21-13-16-5-3-2-4-10-19-16/h6-9,16,19H,2-5,10-13H2,1H3,(H,20,23)(H2,21,22,24)/t16-/m0/s1. The molecule has 25 heavy (non-hydrogen) atoms. The van der Waals surface area contributed by atoms with Gasteiger partial charge in [-0.15, -0.1) is 0 Å². The highest BCUT2D eigenvalue weighted by Crippen LogP contribution is 2.10. The van der Waals surface area contributed by atoms with Gasteiger partial charge in [0.15, 0.2) is 0 Å². The van der Waals surface area contributed by atoms with Gasteiger partial charge in [0.05, 0.1) is 6.61 Å². The molecule has 0 unspecified atom stereocenters. The Kier molecular flexibility index (Phi) is 8.21. The van der Waals surface area contributed by atoms with E-state index in [9.17, 15) is 9.59 Å². The zero-order valence-corrected chi connectivity index (χ0v) is 14.8. The van der Waals surface area contributed by atoms with Gasteiger partial charge in [-0.25, -0.2) is 4.79 Å². The number of carbonyl (C=O) groups excluding carboxylic acids is 2. The fourth-order valence-electron chi connectivity index (χ4n) is 2.74. The van der Waals surface area contributed by atoms with Crippen molar-refractivity contribution in [3.63, 3.8) is 0 Å². The maximum absolute atomic E-state index is 12.0. The molecule has 0 aliphatic carbocycles. The number of hydrogen-bond acceptors (Lipinski definition) is 4. The van der Waals surface area contributed by atoms with Crippen LogP contribution in [0.4, 0.5) is 10.5 Å². The lowest BCUT2D eigenvalue weighted by atomic mass is 10.1. The van der Waals surface area contributed by atoms with Crippen molar-refractivity contribution in [1.29, 1.82) is 0 Å². The third kappa shape index (κ3) is 7.11. The first-order chi connectivity index (χ1) is 12.2. The second-order valence-electron chi connectivity index (χ2n) is 6.16. The summed E-state index contributed by atoms with van der Waals surface area (Å²) in [5.74, 6) is -0.160. The molecule has 0 spiro atoms. The smallest absolute Gasteiger partial charge is 0.319 e. The van der Waals surface area contributed by atoms with Crippen LogP contribution in [0.3, 0.4) is 0 Å². The number of nitrogens with one attached hydrogen (secondary N) is 4. The molecule has 7 nitrogen and oxygen atoms in total. The molecule has 1 aliphatic heterocycles. The average Bonchev–Trinajstić information content (AvgIpc) is 2.89. The average molecular weight is 348 g/mol. The van der Waals surface area contributed by atoms with E-state index in [4.69, 9.17) is 4.74 Å². The summed E-state index contributed by atoms with van der Waals surface area (Å²) in [5, 5.41) is 11.9. The molecule has 1 aromatic carbocycles. The molecule has 0 saturated carbocycles. The number of hydrogen-bond donors (Lipinski definition) is 4. The molecule has 0 radical (unpaired) electrons. The summed E-state index contributed by atoms with van der Waals surface area (Å²) in [5.41, 5.74) is 1.20. The Morgan fingerprint density at radius 3 is 2.72 bits per heavy atom. The Balaban J connectivity index is 1.74. The maximum atomic E-state index is 12.0. The molecular formula is C18H28N4O3. The van der Waals surface area contributed by atoms with Gasteiger partial charge >= 0.3 is 6.03 Å². The fraction of sp³-hybridized carbons (Fsp3) is 0.556. The molecule has 1 aliphatic rings. The highest BCUT2D eigenvalue weighted by Gasteiger charge is 2.12. The molecule has 2 rings (SSSR count). The summed E-state index contributed by atoms with van der Waals surface area (Å²) >= 11 is 0. The highest BCUT2D eigenvalue weighted by atomic mass is 16.5. The number of benzene rings is 1. The van der Waals surface area contributed by atoms with Crippen molar-refractivity contribution in [2.24, 2.45) is 0 Å². The number of urea groups is 1. The zero-order valence-electron chi connectivity index (χ0n) is 14.8. The van der Waals surface area contributed by atoms with E-state index >= 15 is 0 Å². The van der Waals surface area contributed by atoms with Crippen LogP contribution in [-0.4, -0.2) is 51.3 Å². The van der Waals surface area contributed by atoms with E-state index in [1.54, 1.807) is 31.4 Å². The minimum atomic E-state index is -0.233. The lowest BCUT2D eigenvalue weighted by Crippen LogP contribution is -2.41. The molecular weight excluding hydrogens is 320 g/mol. The van der Waals surface area contributed by atoms with Crippen molar-refractivity contribution in [1.82, 2.24) is 16.0 Å². The molecule has 1 heterocycles. The van der Waals surface area contributed by atoms with Crippen molar-refractivity contribution in [3.8, 4) is 0 Å². The molecule has 4 N–H and O–H groups in total. The minimum absolute atomic E-state index is 0.160. The van der Waals surface area contributed by atoms with Crippen LogP contribution >= 0.6 is 0 Å². The Labute approximate surface area is 148 Å². The van der Waals surface area contributed by atoms with Gasteiger partial charge in [-0.1, -0.05) is 12.8 Å². The molecule has 1 aromatic rings. The molecule has 0 bridgehead atoms. The lowest BCUT2D eigenvalue weighted by molar-refractivity contribution is 0.0937. The molecule has 1 fully saturated rings. The van der Waals surface area contributed by atoms with Crippen molar-refractivity contribution in [2.45, 2.75) is 31.7 Å². The molecule has 1 atom stereocenters. The van der Waals surface area contributed by atoms with Gasteiger partial charge in [0.25, 0.3) is 5.91 Å². The SMILES string of the molecule is COCCNC(=O)c1ccc(NC(=O)NC[C@@H]2CCCCCN2)cc1. The van der Waals surface area contributed by atoms with E-state index in [0.717, 1.165) is 13.0 Å². The number of anilines is 1. The summed E-state index contributed by atoms with van der Waals surface area (Å²) in [6.07, 6.45) is 4.75. The molecule has 1 saturated heterocycles. The van der Waals surface area contributed by atoms with Crippen LogP contribution in [0.15, 0.2) is 24.3 Å². The second-order valence-corrected chi connectivity index (χ2v) is 6.16.